The number of aryl methyl sites for hydroxylation is 1. The number of carbonyl (C=O) groups is 1. The third-order valence-corrected chi connectivity index (χ3v) is 3.10. The third kappa shape index (κ3) is 1.37. The van der Waals surface area contributed by atoms with Crippen LogP contribution in [0.1, 0.15) is 28.8 Å². The maximum absolute atomic E-state index is 11.6. The molecule has 0 heterocycles. The predicted molar refractivity (Wildman–Crippen MR) is 55.8 cm³/mol. The molecule has 0 saturated carbocycles. The average molecular weight is 240 g/mol. The molecule has 1 aliphatic carbocycles. The topological polar surface area (TPSA) is 43.1 Å². The van der Waals surface area contributed by atoms with E-state index in [-0.39, 0.29) is 5.78 Å². The number of nitrogens with two attached hydrogens (primary N) is 1. The number of fused-ring (bicyclic) bond motifs is 1. The van der Waals surface area contributed by atoms with E-state index in [0.29, 0.717) is 12.1 Å². The maximum atomic E-state index is 11.6. The van der Waals surface area contributed by atoms with Crippen LogP contribution in [0.2, 0.25) is 0 Å². The second kappa shape index (κ2) is 3.14. The van der Waals surface area contributed by atoms with Crippen LogP contribution in [0, 0.1) is 0 Å². The second-order valence-corrected chi connectivity index (χ2v) is 4.13. The normalized spacial score (nSPS) is 15.6. The summed E-state index contributed by atoms with van der Waals surface area (Å²) in [7, 11) is 0. The molecule has 2 nitrogen and oxygen atoms in total. The lowest BCUT2D eigenvalue weighted by molar-refractivity contribution is 0.0973. The van der Waals surface area contributed by atoms with Crippen molar-refractivity contribution in [2.75, 3.05) is 5.73 Å². The highest BCUT2D eigenvalue weighted by molar-refractivity contribution is 9.10. The number of nitrogen functional groups attached to an aromatic ring is 1. The van der Waals surface area contributed by atoms with Gasteiger partial charge >= 0.3 is 0 Å². The Balaban J connectivity index is 2.65. The Kier molecular flexibility index (Phi) is 2.12. The van der Waals surface area contributed by atoms with Gasteiger partial charge in [0.1, 0.15) is 0 Å². The summed E-state index contributed by atoms with van der Waals surface area (Å²) in [5.74, 6) is 0.181. The summed E-state index contributed by atoms with van der Waals surface area (Å²) in [5.41, 5.74) is 8.26. The van der Waals surface area contributed by atoms with E-state index in [4.69, 9.17) is 5.73 Å². The van der Waals surface area contributed by atoms with Gasteiger partial charge in [-0.15, -0.1) is 0 Å². The van der Waals surface area contributed by atoms with Crippen LogP contribution in [0.4, 0.5) is 5.69 Å². The van der Waals surface area contributed by atoms with Gasteiger partial charge in [0.25, 0.3) is 0 Å². The lowest BCUT2D eigenvalue weighted by atomic mass is 9.89. The minimum absolute atomic E-state index is 0.181. The molecular weight excluding hydrogens is 230 g/mol. The van der Waals surface area contributed by atoms with Crippen LogP contribution >= 0.6 is 15.9 Å². The van der Waals surface area contributed by atoms with E-state index in [1.807, 2.05) is 12.1 Å². The lowest BCUT2D eigenvalue weighted by Crippen LogP contribution is -2.13. The van der Waals surface area contributed by atoms with E-state index in [1.165, 1.54) is 0 Å². The minimum atomic E-state index is 0.181. The summed E-state index contributed by atoms with van der Waals surface area (Å²) in [4.78, 5) is 11.6. The Morgan fingerprint density at radius 3 is 2.85 bits per heavy atom. The van der Waals surface area contributed by atoms with Crippen molar-refractivity contribution in [2.45, 2.75) is 19.3 Å². The predicted octanol–water partition coefficient (Wildman–Crippen LogP) is 2.55. The average Bonchev–Trinajstić information content (AvgIpc) is 2.12. The molecule has 13 heavy (non-hydrogen) atoms. The lowest BCUT2D eigenvalue weighted by Gasteiger charge is -2.16. The van der Waals surface area contributed by atoms with Gasteiger partial charge in [-0.05, 0) is 40.4 Å². The zero-order valence-electron chi connectivity index (χ0n) is 7.14. The van der Waals surface area contributed by atoms with E-state index in [9.17, 15) is 4.79 Å². The van der Waals surface area contributed by atoms with Crippen LogP contribution in [0.15, 0.2) is 16.6 Å². The van der Waals surface area contributed by atoms with Crippen LogP contribution in [0.3, 0.4) is 0 Å². The fourth-order valence-corrected chi connectivity index (χ4v) is 2.07. The van der Waals surface area contributed by atoms with Crippen molar-refractivity contribution < 1.29 is 4.79 Å². The summed E-state index contributed by atoms with van der Waals surface area (Å²) >= 11 is 3.32. The van der Waals surface area contributed by atoms with Gasteiger partial charge in [0.15, 0.2) is 5.78 Å². The molecule has 0 spiro atoms. The molecule has 0 fully saturated rings. The molecule has 68 valence electrons. The number of hydrogen-bond acceptors (Lipinski definition) is 2. The number of benzene rings is 1. The van der Waals surface area contributed by atoms with Gasteiger partial charge in [0.05, 0.1) is 5.69 Å². The van der Waals surface area contributed by atoms with Crippen molar-refractivity contribution in [1.29, 1.82) is 0 Å². The number of carbonyl (C=O) groups excluding carboxylic acids is 1. The molecule has 2 N–H and O–H groups in total. The van der Waals surface area contributed by atoms with Crippen LogP contribution in [-0.4, -0.2) is 5.78 Å². The van der Waals surface area contributed by atoms with Crippen molar-refractivity contribution in [2.24, 2.45) is 0 Å². The molecule has 0 bridgehead atoms. The minimum Gasteiger partial charge on any atom is -0.397 e. The highest BCUT2D eigenvalue weighted by atomic mass is 79.9. The van der Waals surface area contributed by atoms with E-state index in [0.717, 1.165) is 28.4 Å². The molecule has 1 aliphatic rings. The molecule has 1 aromatic rings. The SMILES string of the molecule is Nc1c(Br)ccc2c1C(=O)CCC2. The van der Waals surface area contributed by atoms with Crippen molar-refractivity contribution in [3.63, 3.8) is 0 Å². The largest absolute Gasteiger partial charge is 0.397 e. The quantitative estimate of drug-likeness (QED) is 0.708. The summed E-state index contributed by atoms with van der Waals surface area (Å²) in [6, 6.07) is 3.89. The summed E-state index contributed by atoms with van der Waals surface area (Å²) < 4.78 is 0.821. The number of halogens is 1. The molecule has 0 atom stereocenters. The molecule has 1 aromatic carbocycles. The molecule has 0 saturated heterocycles. The number of hydrogen-bond donors (Lipinski definition) is 1. The molecule has 3 heteroatoms. The van der Waals surface area contributed by atoms with Crippen LogP contribution in [0.5, 0.6) is 0 Å². The Labute approximate surface area is 85.3 Å². The first-order valence-corrected chi connectivity index (χ1v) is 5.09. The fourth-order valence-electron chi connectivity index (χ4n) is 1.74. The highest BCUT2D eigenvalue weighted by Gasteiger charge is 2.20. The third-order valence-electron chi connectivity index (χ3n) is 2.41. The van der Waals surface area contributed by atoms with E-state index in [1.54, 1.807) is 0 Å². The number of Topliss-reactive ketones (excluding diaryl/α,β-unsaturated/α-hetero) is 1. The van der Waals surface area contributed by atoms with Gasteiger partial charge in [-0.3, -0.25) is 4.79 Å². The van der Waals surface area contributed by atoms with Gasteiger partial charge in [-0.25, -0.2) is 0 Å². The number of anilines is 1. The van der Waals surface area contributed by atoms with E-state index < -0.39 is 0 Å². The van der Waals surface area contributed by atoms with Crippen molar-refractivity contribution in [1.82, 2.24) is 0 Å². The first-order chi connectivity index (χ1) is 6.20. The van der Waals surface area contributed by atoms with Gasteiger partial charge in [0.2, 0.25) is 0 Å². The van der Waals surface area contributed by atoms with E-state index >= 15 is 0 Å². The van der Waals surface area contributed by atoms with Crippen molar-refractivity contribution in [3.05, 3.63) is 27.7 Å². The van der Waals surface area contributed by atoms with Crippen molar-refractivity contribution >= 4 is 27.4 Å². The highest BCUT2D eigenvalue weighted by Crippen LogP contribution is 2.31. The smallest absolute Gasteiger partial charge is 0.165 e. The zero-order chi connectivity index (χ0) is 9.42. The van der Waals surface area contributed by atoms with Crippen molar-refractivity contribution in [3.8, 4) is 0 Å². The Morgan fingerprint density at radius 2 is 2.08 bits per heavy atom. The second-order valence-electron chi connectivity index (χ2n) is 3.27. The zero-order valence-corrected chi connectivity index (χ0v) is 8.73. The summed E-state index contributed by atoms with van der Waals surface area (Å²) in [6.45, 7) is 0. The van der Waals surface area contributed by atoms with Gasteiger partial charge < -0.3 is 5.73 Å². The van der Waals surface area contributed by atoms with Gasteiger partial charge in [-0.2, -0.15) is 0 Å². The first-order valence-electron chi connectivity index (χ1n) is 4.30. The van der Waals surface area contributed by atoms with Crippen LogP contribution in [0.25, 0.3) is 0 Å². The molecule has 2 rings (SSSR count). The Bertz CT molecular complexity index is 373. The Morgan fingerprint density at radius 1 is 1.31 bits per heavy atom. The standard InChI is InChI=1S/C10H10BrNO/c11-7-5-4-6-2-1-3-8(13)9(6)10(7)12/h4-5H,1-3,12H2. The van der Waals surface area contributed by atoms with Gasteiger partial charge in [0, 0.05) is 16.5 Å². The summed E-state index contributed by atoms with van der Waals surface area (Å²) in [6.07, 6.45) is 2.55. The van der Waals surface area contributed by atoms with Crippen LogP contribution < -0.4 is 5.73 Å². The number of ketones is 1. The first kappa shape index (κ1) is 8.75. The fraction of sp³-hybridized carbons (Fsp3) is 0.300. The molecule has 0 aromatic heterocycles. The Hall–Kier alpha value is -0.830. The molecular formula is C10H10BrNO. The molecule has 0 amide bonds. The molecule has 0 unspecified atom stereocenters. The summed E-state index contributed by atoms with van der Waals surface area (Å²) in [5, 5.41) is 0. The molecule has 0 aliphatic heterocycles. The maximum Gasteiger partial charge on any atom is 0.165 e. The monoisotopic (exact) mass is 239 g/mol. The number of rotatable bonds is 0. The van der Waals surface area contributed by atoms with Gasteiger partial charge in [-0.1, -0.05) is 6.07 Å². The van der Waals surface area contributed by atoms with E-state index in [2.05, 4.69) is 15.9 Å². The van der Waals surface area contributed by atoms with Crippen LogP contribution in [-0.2, 0) is 6.42 Å². The molecule has 0 radical (unpaired) electrons.